The number of benzene rings is 1. The first-order valence-electron chi connectivity index (χ1n) is 8.13. The van der Waals surface area contributed by atoms with Gasteiger partial charge in [0.2, 0.25) is 11.8 Å². The van der Waals surface area contributed by atoms with Crippen molar-refractivity contribution in [2.75, 3.05) is 24.6 Å². The predicted molar refractivity (Wildman–Crippen MR) is 96.3 cm³/mol. The van der Waals surface area contributed by atoms with Gasteiger partial charge in [-0.25, -0.2) is 4.98 Å². The van der Waals surface area contributed by atoms with E-state index >= 15 is 0 Å². The molecule has 3 heterocycles. The van der Waals surface area contributed by atoms with Crippen molar-refractivity contribution in [3.05, 3.63) is 22.7 Å². The van der Waals surface area contributed by atoms with Crippen LogP contribution in [-0.2, 0) is 0 Å². The molecule has 120 valence electrons. The van der Waals surface area contributed by atoms with Crippen molar-refractivity contribution in [3.63, 3.8) is 0 Å². The Morgan fingerprint density at radius 1 is 1.22 bits per heavy atom. The molecular formula is C17H19BrN4O. The van der Waals surface area contributed by atoms with E-state index in [2.05, 4.69) is 42.9 Å². The Morgan fingerprint density at radius 2 is 2.04 bits per heavy atom. The van der Waals surface area contributed by atoms with E-state index in [4.69, 9.17) is 9.72 Å². The maximum Gasteiger partial charge on any atom is 0.243 e. The van der Waals surface area contributed by atoms with Gasteiger partial charge in [-0.2, -0.15) is 4.98 Å². The van der Waals surface area contributed by atoms with Crippen LogP contribution in [0.15, 0.2) is 22.7 Å². The van der Waals surface area contributed by atoms with Gasteiger partial charge in [-0.15, -0.1) is 0 Å². The minimum atomic E-state index is 0.588. The minimum Gasteiger partial charge on any atom is -0.476 e. The average Bonchev–Trinajstić information content (AvgIpc) is 2.93. The van der Waals surface area contributed by atoms with Gasteiger partial charge in [-0.3, -0.25) is 0 Å². The van der Waals surface area contributed by atoms with Gasteiger partial charge in [0.25, 0.3) is 0 Å². The number of rotatable bonds is 3. The molecule has 1 saturated heterocycles. The van der Waals surface area contributed by atoms with Gasteiger partial charge in [0.1, 0.15) is 11.0 Å². The summed E-state index contributed by atoms with van der Waals surface area (Å²) in [7, 11) is 0. The number of hydrogen-bond acceptors (Lipinski definition) is 4. The Labute approximate surface area is 143 Å². The molecule has 5 nitrogen and oxygen atoms in total. The van der Waals surface area contributed by atoms with Crippen LogP contribution in [0.25, 0.3) is 21.9 Å². The highest BCUT2D eigenvalue weighted by Gasteiger charge is 2.19. The van der Waals surface area contributed by atoms with Crippen molar-refractivity contribution in [1.82, 2.24) is 15.0 Å². The van der Waals surface area contributed by atoms with Gasteiger partial charge in [-0.1, -0.05) is 15.9 Å². The number of piperidine rings is 1. The van der Waals surface area contributed by atoms with E-state index in [1.807, 2.05) is 13.0 Å². The number of H-pyrrole nitrogens is 1. The third-order valence-corrected chi connectivity index (χ3v) is 4.77. The quantitative estimate of drug-likeness (QED) is 0.743. The molecule has 1 aliphatic heterocycles. The lowest BCUT2D eigenvalue weighted by Gasteiger charge is -2.26. The van der Waals surface area contributed by atoms with Gasteiger partial charge in [0.15, 0.2) is 0 Å². The first-order chi connectivity index (χ1) is 11.3. The summed E-state index contributed by atoms with van der Waals surface area (Å²) in [5.74, 6) is 1.43. The van der Waals surface area contributed by atoms with Crippen LogP contribution in [-0.4, -0.2) is 34.6 Å². The highest BCUT2D eigenvalue weighted by Crippen LogP contribution is 2.33. The largest absolute Gasteiger partial charge is 0.476 e. The average molecular weight is 375 g/mol. The van der Waals surface area contributed by atoms with Crippen LogP contribution in [0.5, 0.6) is 5.88 Å². The molecule has 0 amide bonds. The zero-order valence-electron chi connectivity index (χ0n) is 13.1. The number of aromatic amines is 1. The summed E-state index contributed by atoms with van der Waals surface area (Å²) >= 11 is 3.52. The fourth-order valence-electron chi connectivity index (χ4n) is 3.17. The molecule has 4 rings (SSSR count). The van der Waals surface area contributed by atoms with Crippen molar-refractivity contribution in [1.29, 1.82) is 0 Å². The number of ether oxygens (including phenoxy) is 1. The van der Waals surface area contributed by atoms with Crippen molar-refractivity contribution in [2.45, 2.75) is 26.2 Å². The fourth-order valence-corrected chi connectivity index (χ4v) is 3.54. The summed E-state index contributed by atoms with van der Waals surface area (Å²) in [5, 5.41) is 1.10. The molecule has 0 atom stereocenters. The molecule has 3 aromatic rings. The summed E-state index contributed by atoms with van der Waals surface area (Å²) in [6.45, 7) is 4.61. The number of hydrogen-bond donors (Lipinski definition) is 1. The van der Waals surface area contributed by atoms with E-state index in [9.17, 15) is 0 Å². The molecule has 1 N–H and O–H groups in total. The smallest absolute Gasteiger partial charge is 0.243 e. The number of aromatic nitrogens is 3. The van der Waals surface area contributed by atoms with Crippen LogP contribution in [0.2, 0.25) is 0 Å². The maximum atomic E-state index is 5.79. The molecule has 0 aliphatic carbocycles. The van der Waals surface area contributed by atoms with Gasteiger partial charge in [-0.05, 0) is 44.4 Å². The number of nitrogens with zero attached hydrogens (tertiary/aromatic N) is 3. The first kappa shape index (κ1) is 14.8. The van der Waals surface area contributed by atoms with E-state index < -0.39 is 0 Å². The molecule has 0 saturated carbocycles. The van der Waals surface area contributed by atoms with Gasteiger partial charge < -0.3 is 14.6 Å². The van der Waals surface area contributed by atoms with Crippen molar-refractivity contribution in [3.8, 4) is 5.88 Å². The molecule has 1 fully saturated rings. The second-order valence-corrected chi connectivity index (χ2v) is 6.76. The number of anilines is 1. The van der Waals surface area contributed by atoms with Crippen molar-refractivity contribution >= 4 is 43.8 Å². The molecule has 0 radical (unpaired) electrons. The number of nitrogens with one attached hydrogen (secondary N) is 1. The first-order valence-corrected chi connectivity index (χ1v) is 8.92. The monoisotopic (exact) mass is 374 g/mol. The fraction of sp³-hybridized carbons (Fsp3) is 0.412. The molecule has 0 spiro atoms. The number of fused-ring (bicyclic) bond motifs is 3. The molecular weight excluding hydrogens is 356 g/mol. The normalized spacial score (nSPS) is 15.5. The van der Waals surface area contributed by atoms with Crippen molar-refractivity contribution < 1.29 is 4.74 Å². The summed E-state index contributed by atoms with van der Waals surface area (Å²) in [6, 6.07) is 6.19. The van der Waals surface area contributed by atoms with E-state index in [-0.39, 0.29) is 0 Å². The lowest BCUT2D eigenvalue weighted by atomic mass is 10.1. The summed E-state index contributed by atoms with van der Waals surface area (Å²) < 4.78 is 6.83. The molecule has 1 aliphatic rings. The molecule has 2 aromatic heterocycles. The Hall–Kier alpha value is -1.82. The third kappa shape index (κ3) is 2.65. The van der Waals surface area contributed by atoms with Crippen LogP contribution in [0.3, 0.4) is 0 Å². The van der Waals surface area contributed by atoms with Crippen LogP contribution in [0.1, 0.15) is 26.2 Å². The summed E-state index contributed by atoms with van der Waals surface area (Å²) in [6.07, 6.45) is 3.69. The van der Waals surface area contributed by atoms with Crippen LogP contribution < -0.4 is 9.64 Å². The van der Waals surface area contributed by atoms with Gasteiger partial charge in [0.05, 0.1) is 6.61 Å². The zero-order chi connectivity index (χ0) is 15.8. The molecule has 1 aromatic carbocycles. The van der Waals surface area contributed by atoms with Gasteiger partial charge in [0, 0.05) is 28.5 Å². The zero-order valence-corrected chi connectivity index (χ0v) is 14.7. The lowest BCUT2D eigenvalue weighted by Crippen LogP contribution is -2.31. The SMILES string of the molecule is CCOc1nc(N2CCCCC2)nc2c1[nH]c1cc(Br)ccc12. The highest BCUT2D eigenvalue weighted by atomic mass is 79.9. The molecule has 6 heteroatoms. The van der Waals surface area contributed by atoms with E-state index in [1.54, 1.807) is 0 Å². The minimum absolute atomic E-state index is 0.588. The van der Waals surface area contributed by atoms with Crippen LogP contribution >= 0.6 is 15.9 Å². The van der Waals surface area contributed by atoms with E-state index in [0.717, 1.165) is 45.4 Å². The van der Waals surface area contributed by atoms with Crippen molar-refractivity contribution in [2.24, 2.45) is 0 Å². The molecule has 23 heavy (non-hydrogen) atoms. The Morgan fingerprint density at radius 3 is 2.83 bits per heavy atom. The van der Waals surface area contributed by atoms with E-state index in [1.165, 1.54) is 19.3 Å². The standard InChI is InChI=1S/C17H19BrN4O/c1-2-23-16-15-14(12-7-6-11(18)10-13(12)19-15)20-17(21-16)22-8-4-3-5-9-22/h6-7,10,19H,2-5,8-9H2,1H3. The predicted octanol–water partition coefficient (Wildman–Crippen LogP) is 4.26. The third-order valence-electron chi connectivity index (χ3n) is 4.28. The second kappa shape index (κ2) is 6.00. The van der Waals surface area contributed by atoms with Gasteiger partial charge >= 0.3 is 0 Å². The lowest BCUT2D eigenvalue weighted by molar-refractivity contribution is 0.330. The summed E-state index contributed by atoms with van der Waals surface area (Å²) in [4.78, 5) is 15.2. The summed E-state index contributed by atoms with van der Waals surface area (Å²) in [5.41, 5.74) is 2.85. The van der Waals surface area contributed by atoms with Crippen LogP contribution in [0.4, 0.5) is 5.95 Å². The topological polar surface area (TPSA) is 54.0 Å². The van der Waals surface area contributed by atoms with E-state index in [0.29, 0.717) is 12.5 Å². The highest BCUT2D eigenvalue weighted by molar-refractivity contribution is 9.10. The number of halogens is 1. The maximum absolute atomic E-state index is 5.79. The Balaban J connectivity index is 1.93. The van der Waals surface area contributed by atoms with Crippen LogP contribution in [0, 0.1) is 0 Å². The molecule has 0 unspecified atom stereocenters. The Kier molecular flexibility index (Phi) is 3.85. The second-order valence-electron chi connectivity index (χ2n) is 5.85. The molecule has 0 bridgehead atoms. The Bertz CT molecular complexity index is 855.